The molecule has 0 aliphatic rings. The Bertz CT molecular complexity index is 1590. The average molecular weight is 738 g/mol. The van der Waals surface area contributed by atoms with Crippen molar-refractivity contribution in [2.45, 2.75) is 82.8 Å². The van der Waals surface area contributed by atoms with Gasteiger partial charge in [0.2, 0.25) is 11.8 Å². The minimum Gasteiger partial charge on any atom is -0.481 e. The molecule has 286 valence electrons. The lowest BCUT2D eigenvalue weighted by Gasteiger charge is -2.19. The number of carbonyl (C=O) groups is 6. The summed E-state index contributed by atoms with van der Waals surface area (Å²) in [7, 11) is 0. The number of nitrogens with one attached hydrogen (secondary N) is 4. The molecule has 1 aromatic carbocycles. The maximum Gasteiger partial charge on any atom is 0.416 e. The van der Waals surface area contributed by atoms with E-state index in [-0.39, 0.29) is 75.9 Å². The third kappa shape index (κ3) is 15.8. The zero-order valence-electron chi connectivity index (χ0n) is 28.6. The lowest BCUT2D eigenvalue weighted by Crippen LogP contribution is -2.40. The summed E-state index contributed by atoms with van der Waals surface area (Å²) in [5.74, 6) is -6.79. The number of carbonyl (C=O) groups excluding carboxylic acids is 4. The number of amides is 2. The average Bonchev–Trinajstić information content (AvgIpc) is 3.07. The summed E-state index contributed by atoms with van der Waals surface area (Å²) in [6, 6.07) is 3.82. The summed E-state index contributed by atoms with van der Waals surface area (Å²) in [5, 5.41) is 34.2. The van der Waals surface area contributed by atoms with E-state index in [1.165, 1.54) is 12.3 Å². The third-order valence-corrected chi connectivity index (χ3v) is 8.18. The first kappa shape index (κ1) is 43.0. The van der Waals surface area contributed by atoms with Crippen LogP contribution in [0, 0.1) is 17.2 Å². The van der Waals surface area contributed by atoms with Gasteiger partial charge in [-0.25, -0.2) is 0 Å². The lowest BCUT2D eigenvalue weighted by atomic mass is 9.92. The topological polar surface area (TPSA) is 268 Å². The summed E-state index contributed by atoms with van der Waals surface area (Å²) >= 11 is 0. The molecule has 2 amide bonds. The first-order valence-corrected chi connectivity index (χ1v) is 16.8. The van der Waals surface area contributed by atoms with E-state index in [1.807, 2.05) is 0 Å². The van der Waals surface area contributed by atoms with Crippen LogP contribution in [-0.2, 0) is 34.9 Å². The highest BCUT2D eigenvalue weighted by Gasteiger charge is 2.31. The maximum absolute atomic E-state index is 13.2. The number of carboxylic acid groups (broad SMARTS) is 2. The number of benzene rings is 1. The van der Waals surface area contributed by atoms with E-state index < -0.39 is 71.4 Å². The molecule has 0 bridgehead atoms. The molecule has 1 heterocycles. The largest absolute Gasteiger partial charge is 0.481 e. The fourth-order valence-electron chi connectivity index (χ4n) is 5.31. The third-order valence-electron chi connectivity index (χ3n) is 8.18. The first-order chi connectivity index (χ1) is 24.5. The molecular weight excluding hydrogens is 691 g/mol. The van der Waals surface area contributed by atoms with E-state index in [0.29, 0.717) is 30.3 Å². The van der Waals surface area contributed by atoms with Crippen molar-refractivity contribution in [2.75, 3.05) is 25.0 Å². The predicted octanol–water partition coefficient (Wildman–Crippen LogP) is 2.99. The number of aromatic nitrogens is 1. The van der Waals surface area contributed by atoms with E-state index in [1.54, 1.807) is 6.07 Å². The number of Topliss-reactive ketones (excluding diaryl/α,β-unsaturated/α-hetero) is 2. The lowest BCUT2D eigenvalue weighted by molar-refractivity contribution is -0.144. The van der Waals surface area contributed by atoms with Gasteiger partial charge >= 0.3 is 18.1 Å². The number of fused-ring (bicyclic) bond motifs is 1. The molecule has 0 spiro atoms. The second-order valence-corrected chi connectivity index (χ2v) is 12.4. The number of anilines is 1. The van der Waals surface area contributed by atoms with Crippen LogP contribution in [-0.4, -0.2) is 82.0 Å². The van der Waals surface area contributed by atoms with Gasteiger partial charge in [-0.05, 0) is 43.9 Å². The number of unbranched alkanes of at least 4 members (excludes halogenated alkanes) is 1. The van der Waals surface area contributed by atoms with Crippen LogP contribution in [0.1, 0.15) is 76.2 Å². The van der Waals surface area contributed by atoms with Gasteiger partial charge in [-0.1, -0.05) is 12.5 Å². The van der Waals surface area contributed by atoms with Crippen LogP contribution in [0.15, 0.2) is 30.5 Å². The van der Waals surface area contributed by atoms with Gasteiger partial charge in [0.15, 0.2) is 0 Å². The maximum atomic E-state index is 13.2. The van der Waals surface area contributed by atoms with Gasteiger partial charge in [0, 0.05) is 69.0 Å². The van der Waals surface area contributed by atoms with Crippen LogP contribution in [0.4, 0.5) is 18.9 Å². The van der Waals surface area contributed by atoms with E-state index in [9.17, 15) is 47.0 Å². The number of rotatable bonds is 25. The molecule has 15 nitrogen and oxygen atoms in total. The molecule has 3 atom stereocenters. The number of nitrogens with zero attached hydrogens (tertiary/aromatic N) is 1. The summed E-state index contributed by atoms with van der Waals surface area (Å²) in [6.45, 7) is 0.197. The predicted molar refractivity (Wildman–Crippen MR) is 184 cm³/mol. The molecule has 0 saturated heterocycles. The molecule has 18 heteroatoms. The molecular formula is C34H46F3N7O8. The van der Waals surface area contributed by atoms with Crippen molar-refractivity contribution in [2.24, 2.45) is 23.3 Å². The van der Waals surface area contributed by atoms with Crippen molar-refractivity contribution in [3.8, 4) is 0 Å². The van der Waals surface area contributed by atoms with Crippen LogP contribution in [0.3, 0.4) is 0 Å². The van der Waals surface area contributed by atoms with Crippen LogP contribution in [0.5, 0.6) is 0 Å². The highest BCUT2D eigenvalue weighted by molar-refractivity contribution is 5.93. The number of hydrogen-bond donors (Lipinski definition) is 8. The van der Waals surface area contributed by atoms with Crippen molar-refractivity contribution < 1.29 is 52.2 Å². The van der Waals surface area contributed by atoms with Gasteiger partial charge in [-0.2, -0.15) is 13.2 Å². The van der Waals surface area contributed by atoms with Gasteiger partial charge < -0.3 is 37.6 Å². The molecule has 0 fully saturated rings. The number of alkyl halides is 3. The number of pyridine rings is 1. The van der Waals surface area contributed by atoms with Crippen LogP contribution < -0.4 is 27.4 Å². The molecule has 0 aliphatic carbocycles. The summed E-state index contributed by atoms with van der Waals surface area (Å²) in [4.78, 5) is 77.3. The molecule has 1 aromatic heterocycles. The zero-order chi connectivity index (χ0) is 38.8. The second-order valence-electron chi connectivity index (χ2n) is 12.4. The molecule has 52 heavy (non-hydrogen) atoms. The fourth-order valence-corrected chi connectivity index (χ4v) is 5.31. The standard InChI is InChI=1S/C34H46F3N7O8/c35-34(36,37)22-7-9-24-26(11-13-41-27(24)19-22)42-14-15-43-30(47)18-21(17-28(46)25(38)5-1-2-6-29(39)40)32(50)44-12-3-4-20(33(51)52)16-23(45)8-10-31(48)49/h7,9,11,13,19-21,25H,1-6,8,10,12,14-18,38H2,(H3,39,40)(H,41,42)(H,43,47)(H,44,50)(H,48,49)(H,51,52)/t20?,21-,25+/m1/s1. The number of halogens is 3. The smallest absolute Gasteiger partial charge is 0.416 e. The molecule has 0 aliphatic heterocycles. The summed E-state index contributed by atoms with van der Waals surface area (Å²) < 4.78 is 39.3. The van der Waals surface area contributed by atoms with Gasteiger partial charge in [0.25, 0.3) is 0 Å². The molecule has 2 rings (SSSR count). The Morgan fingerprint density at radius 1 is 0.846 bits per heavy atom. The first-order valence-electron chi connectivity index (χ1n) is 16.8. The minimum absolute atomic E-state index is 0.00552. The van der Waals surface area contributed by atoms with E-state index in [2.05, 4.69) is 20.9 Å². The van der Waals surface area contributed by atoms with Gasteiger partial charge in [0.05, 0.1) is 41.2 Å². The molecule has 0 saturated carbocycles. The molecule has 2 aromatic rings. The number of nitrogens with two attached hydrogens (primary N) is 2. The minimum atomic E-state index is -4.53. The Morgan fingerprint density at radius 3 is 2.23 bits per heavy atom. The highest BCUT2D eigenvalue weighted by Crippen LogP contribution is 2.32. The number of aliphatic carboxylic acids is 2. The van der Waals surface area contributed by atoms with Crippen LogP contribution >= 0.6 is 0 Å². The van der Waals surface area contributed by atoms with Gasteiger partial charge in [-0.3, -0.25) is 39.2 Å². The number of hydrogen-bond acceptors (Lipinski definition) is 10. The van der Waals surface area contributed by atoms with Crippen molar-refractivity contribution in [3.05, 3.63) is 36.0 Å². The van der Waals surface area contributed by atoms with Crippen molar-refractivity contribution >= 4 is 57.7 Å². The monoisotopic (exact) mass is 737 g/mol. The van der Waals surface area contributed by atoms with Gasteiger partial charge in [0.1, 0.15) is 11.6 Å². The van der Waals surface area contributed by atoms with E-state index >= 15 is 0 Å². The Hall–Kier alpha value is -5.13. The van der Waals surface area contributed by atoms with Crippen molar-refractivity contribution in [1.29, 1.82) is 5.41 Å². The van der Waals surface area contributed by atoms with Crippen LogP contribution in [0.25, 0.3) is 10.9 Å². The summed E-state index contributed by atoms with van der Waals surface area (Å²) in [6.07, 6.45) is -3.16. The Labute approximate surface area is 298 Å². The highest BCUT2D eigenvalue weighted by atomic mass is 19.4. The van der Waals surface area contributed by atoms with E-state index in [0.717, 1.165) is 12.1 Å². The fraction of sp³-hybridized carbons (Fsp3) is 0.529. The van der Waals surface area contributed by atoms with Crippen molar-refractivity contribution in [3.63, 3.8) is 0 Å². The quantitative estimate of drug-likeness (QED) is 0.0415. The van der Waals surface area contributed by atoms with Gasteiger partial charge in [-0.15, -0.1) is 0 Å². The van der Waals surface area contributed by atoms with Crippen LogP contribution in [0.2, 0.25) is 0 Å². The Kier molecular flexibility index (Phi) is 17.6. The number of amidine groups is 1. The molecule has 0 radical (unpaired) electrons. The Balaban J connectivity index is 1.98. The normalized spacial score (nSPS) is 13.1. The summed E-state index contributed by atoms with van der Waals surface area (Å²) in [5.41, 5.74) is 11.2. The van der Waals surface area contributed by atoms with E-state index in [4.69, 9.17) is 22.0 Å². The second kappa shape index (κ2) is 21.3. The molecule has 10 N–H and O–H groups in total. The molecule has 1 unspecified atom stereocenters. The number of carboxylic acids is 2. The Morgan fingerprint density at radius 2 is 1.58 bits per heavy atom. The van der Waals surface area contributed by atoms with Crippen molar-refractivity contribution in [1.82, 2.24) is 15.6 Å². The zero-order valence-corrected chi connectivity index (χ0v) is 28.6. The SMILES string of the molecule is N=C(N)CCCC[C@H](N)C(=O)C[C@H](CC(=O)NCCNc1ccnc2cc(C(F)(F)F)ccc12)C(=O)NCCCC(CC(=O)CCC(=O)O)C(=O)O. The number of ketones is 2.